The second-order valence-electron chi connectivity index (χ2n) is 5.53. The molecule has 1 heterocycles. The molecule has 1 aromatic carbocycles. The van der Waals surface area contributed by atoms with Gasteiger partial charge in [-0.2, -0.15) is 0 Å². The molecule has 0 unspecified atom stereocenters. The van der Waals surface area contributed by atoms with Gasteiger partial charge in [0.25, 0.3) is 5.91 Å². The fourth-order valence-corrected chi connectivity index (χ4v) is 2.27. The number of aromatic nitrogens is 1. The van der Waals surface area contributed by atoms with Crippen LogP contribution in [0.25, 0.3) is 0 Å². The Morgan fingerprint density at radius 2 is 1.96 bits per heavy atom. The average molecular weight is 346 g/mol. The van der Waals surface area contributed by atoms with E-state index < -0.39 is 12.1 Å². The van der Waals surface area contributed by atoms with Crippen LogP contribution in [-0.4, -0.2) is 30.2 Å². The van der Waals surface area contributed by atoms with Crippen LogP contribution >= 0.6 is 0 Å². The Morgan fingerprint density at radius 3 is 2.56 bits per heavy atom. The van der Waals surface area contributed by atoms with Crippen molar-refractivity contribution in [3.05, 3.63) is 46.8 Å². The van der Waals surface area contributed by atoms with Gasteiger partial charge in [-0.05, 0) is 38.0 Å². The quantitative estimate of drug-likeness (QED) is 0.774. The molecular formula is C18H22N2O5. The Bertz CT molecular complexity index is 736. The molecule has 1 aromatic heterocycles. The monoisotopic (exact) mass is 346 g/mol. The second kappa shape index (κ2) is 8.32. The standard InChI is InChI=1S/C18H22N2O5/c1-5-15-16(11(2)25-20-15)18(22)24-12(3)17(21)19-10-13-6-8-14(23-4)9-7-13/h6-9,12H,5,10H2,1-4H3,(H,19,21)/t12-/m0/s1. The lowest BCUT2D eigenvalue weighted by molar-refractivity contribution is -0.129. The molecule has 0 radical (unpaired) electrons. The van der Waals surface area contributed by atoms with Gasteiger partial charge in [-0.3, -0.25) is 4.79 Å². The molecular weight excluding hydrogens is 324 g/mol. The molecule has 0 aliphatic heterocycles. The number of carbonyl (C=O) groups excluding carboxylic acids is 2. The summed E-state index contributed by atoms with van der Waals surface area (Å²) in [6.45, 7) is 5.35. The van der Waals surface area contributed by atoms with E-state index in [1.54, 1.807) is 14.0 Å². The fourth-order valence-electron chi connectivity index (χ4n) is 2.27. The second-order valence-corrected chi connectivity index (χ2v) is 5.53. The van der Waals surface area contributed by atoms with Crippen LogP contribution in [0.5, 0.6) is 5.75 Å². The summed E-state index contributed by atoms with van der Waals surface area (Å²) in [6.07, 6.45) is -0.385. The molecule has 7 heteroatoms. The lowest BCUT2D eigenvalue weighted by Gasteiger charge is -2.13. The van der Waals surface area contributed by atoms with E-state index in [-0.39, 0.29) is 11.5 Å². The van der Waals surface area contributed by atoms with E-state index in [1.165, 1.54) is 6.92 Å². The molecule has 0 bridgehead atoms. The number of esters is 1. The normalized spacial score (nSPS) is 11.7. The van der Waals surface area contributed by atoms with Gasteiger partial charge in [0, 0.05) is 6.54 Å². The maximum Gasteiger partial charge on any atom is 0.344 e. The first-order valence-corrected chi connectivity index (χ1v) is 8.03. The Hall–Kier alpha value is -2.83. The number of amides is 1. The van der Waals surface area contributed by atoms with Crippen molar-refractivity contribution in [3.63, 3.8) is 0 Å². The summed E-state index contributed by atoms with van der Waals surface area (Å²) in [6, 6.07) is 7.32. The maximum atomic E-state index is 12.2. The van der Waals surface area contributed by atoms with Crippen molar-refractivity contribution in [3.8, 4) is 5.75 Å². The maximum absolute atomic E-state index is 12.2. The van der Waals surface area contributed by atoms with Crippen LogP contribution in [0.4, 0.5) is 0 Å². The molecule has 0 saturated heterocycles. The number of ether oxygens (including phenoxy) is 2. The van der Waals surface area contributed by atoms with E-state index in [1.807, 2.05) is 31.2 Å². The van der Waals surface area contributed by atoms with Gasteiger partial charge in [-0.1, -0.05) is 24.2 Å². The lowest BCUT2D eigenvalue weighted by Crippen LogP contribution is -2.35. The fraction of sp³-hybridized carbons (Fsp3) is 0.389. The Morgan fingerprint density at radius 1 is 1.28 bits per heavy atom. The smallest absolute Gasteiger partial charge is 0.344 e. The number of methoxy groups -OCH3 is 1. The summed E-state index contributed by atoms with van der Waals surface area (Å²) in [5.74, 6) is 0.139. The highest BCUT2D eigenvalue weighted by atomic mass is 16.5. The first kappa shape index (κ1) is 18.5. The van der Waals surface area contributed by atoms with Gasteiger partial charge in [0.15, 0.2) is 6.10 Å². The number of hydrogen-bond acceptors (Lipinski definition) is 6. The number of rotatable bonds is 7. The van der Waals surface area contributed by atoms with Crippen molar-refractivity contribution in [2.45, 2.75) is 39.8 Å². The minimum absolute atomic E-state index is 0.289. The highest BCUT2D eigenvalue weighted by Gasteiger charge is 2.25. The van der Waals surface area contributed by atoms with Gasteiger partial charge in [0.05, 0.1) is 12.8 Å². The lowest BCUT2D eigenvalue weighted by atomic mass is 10.1. The van der Waals surface area contributed by atoms with Gasteiger partial charge in [-0.15, -0.1) is 0 Å². The number of nitrogens with zero attached hydrogens (tertiary/aromatic N) is 1. The third kappa shape index (κ3) is 4.59. The van der Waals surface area contributed by atoms with E-state index in [0.717, 1.165) is 11.3 Å². The van der Waals surface area contributed by atoms with E-state index in [4.69, 9.17) is 14.0 Å². The van der Waals surface area contributed by atoms with Crippen molar-refractivity contribution in [2.75, 3.05) is 7.11 Å². The van der Waals surface area contributed by atoms with E-state index in [2.05, 4.69) is 10.5 Å². The zero-order chi connectivity index (χ0) is 18.4. The molecule has 0 aliphatic carbocycles. The number of nitrogens with one attached hydrogen (secondary N) is 1. The molecule has 25 heavy (non-hydrogen) atoms. The summed E-state index contributed by atoms with van der Waals surface area (Å²) in [5.41, 5.74) is 1.72. The molecule has 7 nitrogen and oxygen atoms in total. The molecule has 1 atom stereocenters. The predicted molar refractivity (Wildman–Crippen MR) is 90.3 cm³/mol. The van der Waals surface area contributed by atoms with Crippen molar-refractivity contribution in [1.82, 2.24) is 10.5 Å². The van der Waals surface area contributed by atoms with Crippen LogP contribution in [0.1, 0.15) is 41.2 Å². The van der Waals surface area contributed by atoms with Gasteiger partial charge in [0.1, 0.15) is 17.1 Å². The SMILES string of the molecule is CCc1noc(C)c1C(=O)O[C@@H](C)C(=O)NCc1ccc(OC)cc1. The summed E-state index contributed by atoms with van der Waals surface area (Å²) in [4.78, 5) is 24.4. The molecule has 0 spiro atoms. The number of benzene rings is 1. The number of aryl methyl sites for hydroxylation is 2. The third-order valence-electron chi connectivity index (χ3n) is 3.75. The molecule has 1 N–H and O–H groups in total. The van der Waals surface area contributed by atoms with Gasteiger partial charge < -0.3 is 19.3 Å². The topological polar surface area (TPSA) is 90.7 Å². The molecule has 2 aromatic rings. The molecule has 0 saturated carbocycles. The van der Waals surface area contributed by atoms with Crippen molar-refractivity contribution in [2.24, 2.45) is 0 Å². The summed E-state index contributed by atoms with van der Waals surface area (Å²) < 4.78 is 15.3. The van der Waals surface area contributed by atoms with Crippen LogP contribution in [0.15, 0.2) is 28.8 Å². The molecule has 1 amide bonds. The first-order valence-electron chi connectivity index (χ1n) is 8.03. The Balaban J connectivity index is 1.91. The summed E-state index contributed by atoms with van der Waals surface area (Å²) in [7, 11) is 1.59. The molecule has 134 valence electrons. The van der Waals surface area contributed by atoms with Crippen molar-refractivity contribution >= 4 is 11.9 Å². The van der Waals surface area contributed by atoms with Crippen LogP contribution in [0.3, 0.4) is 0 Å². The predicted octanol–water partition coefficient (Wildman–Crippen LogP) is 2.42. The summed E-state index contributed by atoms with van der Waals surface area (Å²) in [5, 5.41) is 6.54. The van der Waals surface area contributed by atoms with Crippen molar-refractivity contribution in [1.29, 1.82) is 0 Å². The van der Waals surface area contributed by atoms with Crippen LogP contribution in [0.2, 0.25) is 0 Å². The van der Waals surface area contributed by atoms with Gasteiger partial charge in [0.2, 0.25) is 0 Å². The van der Waals surface area contributed by atoms with Crippen LogP contribution in [0, 0.1) is 6.92 Å². The van der Waals surface area contributed by atoms with Gasteiger partial charge >= 0.3 is 5.97 Å². The number of carbonyl (C=O) groups is 2. The van der Waals surface area contributed by atoms with E-state index >= 15 is 0 Å². The van der Waals surface area contributed by atoms with Crippen LogP contribution < -0.4 is 10.1 Å². The van der Waals surface area contributed by atoms with E-state index in [0.29, 0.717) is 24.4 Å². The highest BCUT2D eigenvalue weighted by Crippen LogP contribution is 2.16. The molecule has 0 aliphatic rings. The number of hydrogen-bond donors (Lipinski definition) is 1. The zero-order valence-corrected chi connectivity index (χ0v) is 14.8. The van der Waals surface area contributed by atoms with Gasteiger partial charge in [-0.25, -0.2) is 4.79 Å². The summed E-state index contributed by atoms with van der Waals surface area (Å²) >= 11 is 0. The Kier molecular flexibility index (Phi) is 6.16. The van der Waals surface area contributed by atoms with Crippen molar-refractivity contribution < 1.29 is 23.6 Å². The zero-order valence-electron chi connectivity index (χ0n) is 14.8. The average Bonchev–Trinajstić information content (AvgIpc) is 3.00. The minimum Gasteiger partial charge on any atom is -0.497 e. The minimum atomic E-state index is -0.926. The molecule has 0 fully saturated rings. The van der Waals surface area contributed by atoms with E-state index in [9.17, 15) is 9.59 Å². The largest absolute Gasteiger partial charge is 0.497 e. The van der Waals surface area contributed by atoms with Crippen LogP contribution in [-0.2, 0) is 22.5 Å². The Labute approximate surface area is 146 Å². The third-order valence-corrected chi connectivity index (χ3v) is 3.75. The highest BCUT2D eigenvalue weighted by molar-refractivity contribution is 5.93. The molecule has 2 rings (SSSR count). The first-order chi connectivity index (χ1) is 12.0.